The number of rotatable bonds is 6. The van der Waals surface area contributed by atoms with E-state index in [1.807, 2.05) is 37.3 Å². The summed E-state index contributed by atoms with van der Waals surface area (Å²) < 4.78 is 0. The average Bonchev–Trinajstić information content (AvgIpc) is 3.33. The number of allylic oxidation sites excluding steroid dienone is 4. The van der Waals surface area contributed by atoms with Crippen molar-refractivity contribution in [3.05, 3.63) is 64.7 Å². The molecule has 4 N–H and O–H groups in total. The van der Waals surface area contributed by atoms with Crippen molar-refractivity contribution in [1.29, 1.82) is 0 Å². The Bertz CT molecular complexity index is 1180. The maximum absolute atomic E-state index is 12.5. The molecule has 1 aromatic heterocycles. The Morgan fingerprint density at radius 2 is 2.17 bits per heavy atom. The van der Waals surface area contributed by atoms with E-state index in [4.69, 9.17) is 9.98 Å². The van der Waals surface area contributed by atoms with Crippen LogP contribution >= 0.6 is 0 Å². The summed E-state index contributed by atoms with van der Waals surface area (Å²) in [5, 5.41) is 16.9. The quantitative estimate of drug-likeness (QED) is 0.493. The summed E-state index contributed by atoms with van der Waals surface area (Å²) in [6.45, 7) is 3.53. The van der Waals surface area contributed by atoms with Gasteiger partial charge in [-0.15, -0.1) is 0 Å². The number of carbonyl (C=O) groups excluding carboxylic acids is 1. The molecule has 36 heavy (non-hydrogen) atoms. The maximum Gasteiger partial charge on any atom is 0.315 e. The first kappa shape index (κ1) is 24.2. The van der Waals surface area contributed by atoms with Crippen LogP contribution in [0.25, 0.3) is 0 Å². The highest BCUT2D eigenvalue weighted by Gasteiger charge is 2.31. The minimum absolute atomic E-state index is 0.0621. The highest BCUT2D eigenvalue weighted by atomic mass is 16.2. The van der Waals surface area contributed by atoms with Gasteiger partial charge in [-0.05, 0) is 62.6 Å². The summed E-state index contributed by atoms with van der Waals surface area (Å²) in [7, 11) is 3.98. The van der Waals surface area contributed by atoms with Crippen molar-refractivity contribution >= 4 is 17.6 Å². The fraction of sp³-hybridized carbons (Fsp3) is 0.481. The molecule has 9 heteroatoms. The van der Waals surface area contributed by atoms with Gasteiger partial charge >= 0.3 is 6.03 Å². The largest absolute Gasteiger partial charge is 0.340 e. The smallest absolute Gasteiger partial charge is 0.315 e. The first-order valence-corrected chi connectivity index (χ1v) is 12.9. The van der Waals surface area contributed by atoms with Gasteiger partial charge in [-0.3, -0.25) is 10.1 Å². The number of aliphatic imine (C=N–C) groups is 2. The molecule has 0 spiro atoms. The van der Waals surface area contributed by atoms with Crippen LogP contribution in [0.1, 0.15) is 37.4 Å². The number of nitrogens with one attached hydrogen (secondary N) is 4. The number of amides is 2. The zero-order chi connectivity index (χ0) is 25.1. The van der Waals surface area contributed by atoms with Gasteiger partial charge in [0, 0.05) is 42.5 Å². The molecule has 3 unspecified atom stereocenters. The fourth-order valence-corrected chi connectivity index (χ4v) is 5.11. The molecule has 5 rings (SSSR count). The van der Waals surface area contributed by atoms with Crippen LogP contribution in [-0.4, -0.2) is 72.1 Å². The molecule has 1 aromatic rings. The lowest BCUT2D eigenvalue weighted by Crippen LogP contribution is -2.48. The molecular formula is C27H36N8O. The second-order valence-corrected chi connectivity index (χ2v) is 10.1. The number of amidine groups is 1. The van der Waals surface area contributed by atoms with E-state index in [0.29, 0.717) is 6.54 Å². The summed E-state index contributed by atoms with van der Waals surface area (Å²) in [4.78, 5) is 24.8. The second kappa shape index (κ2) is 10.7. The summed E-state index contributed by atoms with van der Waals surface area (Å²) in [5.41, 5.74) is 7.08. The summed E-state index contributed by atoms with van der Waals surface area (Å²) >= 11 is 0. The lowest BCUT2D eigenvalue weighted by molar-refractivity contribution is 0.235. The Morgan fingerprint density at radius 3 is 3.03 bits per heavy atom. The predicted molar refractivity (Wildman–Crippen MR) is 143 cm³/mol. The van der Waals surface area contributed by atoms with Gasteiger partial charge < -0.3 is 20.9 Å². The van der Waals surface area contributed by atoms with Crippen LogP contribution in [-0.2, 0) is 12.8 Å². The Balaban J connectivity index is 1.33. The highest BCUT2D eigenvalue weighted by Crippen LogP contribution is 2.31. The second-order valence-electron chi connectivity index (χ2n) is 10.1. The highest BCUT2D eigenvalue weighted by molar-refractivity contribution is 6.02. The van der Waals surface area contributed by atoms with Crippen LogP contribution in [0.3, 0.4) is 0 Å². The van der Waals surface area contributed by atoms with Gasteiger partial charge in [-0.1, -0.05) is 31.2 Å². The van der Waals surface area contributed by atoms with Crippen molar-refractivity contribution in [1.82, 2.24) is 31.0 Å². The number of nitrogens with zero attached hydrogens (tertiary/aromatic N) is 4. The first-order valence-electron chi connectivity index (χ1n) is 12.9. The van der Waals surface area contributed by atoms with Gasteiger partial charge in [0.25, 0.3) is 0 Å². The number of aromatic nitrogens is 2. The minimum atomic E-state index is -0.218. The molecule has 3 aliphatic carbocycles. The molecule has 4 aliphatic rings. The van der Waals surface area contributed by atoms with Crippen LogP contribution in [0.5, 0.6) is 0 Å². The number of carbonyl (C=O) groups is 1. The Morgan fingerprint density at radius 1 is 1.28 bits per heavy atom. The molecule has 0 aromatic carbocycles. The number of aryl methyl sites for hydroxylation is 1. The van der Waals surface area contributed by atoms with Gasteiger partial charge in [0.15, 0.2) is 6.17 Å². The van der Waals surface area contributed by atoms with Crippen molar-refractivity contribution in [2.24, 2.45) is 15.9 Å². The summed E-state index contributed by atoms with van der Waals surface area (Å²) in [6, 6.07) is -0.271. The van der Waals surface area contributed by atoms with Gasteiger partial charge in [0.2, 0.25) is 0 Å². The lowest BCUT2D eigenvalue weighted by Gasteiger charge is -2.33. The van der Waals surface area contributed by atoms with Crippen LogP contribution < -0.4 is 16.0 Å². The molecule has 1 aliphatic heterocycles. The number of urea groups is 1. The van der Waals surface area contributed by atoms with E-state index in [0.717, 1.165) is 55.8 Å². The fourth-order valence-electron chi connectivity index (χ4n) is 5.11. The van der Waals surface area contributed by atoms with Crippen molar-refractivity contribution < 1.29 is 4.79 Å². The van der Waals surface area contributed by atoms with Crippen LogP contribution in [0.2, 0.25) is 0 Å². The van der Waals surface area contributed by atoms with Gasteiger partial charge in [0.05, 0.1) is 12.2 Å². The zero-order valence-corrected chi connectivity index (χ0v) is 21.3. The predicted octanol–water partition coefficient (Wildman–Crippen LogP) is 2.63. The van der Waals surface area contributed by atoms with E-state index in [2.05, 4.69) is 51.3 Å². The maximum atomic E-state index is 12.5. The Labute approximate surface area is 212 Å². The van der Waals surface area contributed by atoms with Crippen LogP contribution in [0.15, 0.2) is 63.4 Å². The van der Waals surface area contributed by atoms with Crippen molar-refractivity contribution in [2.75, 3.05) is 27.2 Å². The number of likely N-dealkylation sites (N-methyl/N-ethyl adjacent to an activating group) is 1. The minimum Gasteiger partial charge on any atom is -0.340 e. The van der Waals surface area contributed by atoms with Crippen LogP contribution in [0, 0.1) is 5.92 Å². The van der Waals surface area contributed by atoms with Crippen molar-refractivity contribution in [2.45, 2.75) is 51.2 Å². The molecule has 3 atom stereocenters. The number of fused-ring (bicyclic) bond motifs is 1. The van der Waals surface area contributed by atoms with Crippen LogP contribution in [0.4, 0.5) is 4.79 Å². The average molecular weight is 489 g/mol. The van der Waals surface area contributed by atoms with Gasteiger partial charge in [-0.2, -0.15) is 5.10 Å². The van der Waals surface area contributed by atoms with E-state index >= 15 is 0 Å². The van der Waals surface area contributed by atoms with Gasteiger partial charge in [0.1, 0.15) is 5.84 Å². The summed E-state index contributed by atoms with van der Waals surface area (Å²) in [6.07, 6.45) is 16.9. The monoisotopic (exact) mass is 488 g/mol. The number of hydrogen-bond donors (Lipinski definition) is 4. The normalized spacial score (nSPS) is 26.2. The zero-order valence-electron chi connectivity index (χ0n) is 21.3. The van der Waals surface area contributed by atoms with Crippen molar-refractivity contribution in [3.63, 3.8) is 0 Å². The SMILES string of the molecule is CC1C(C2=NC(N=C3CCc4[nH]ncc4C3)C3=C(C=CCC3)N2)=CC=CC1NC(=O)NCCN(C)C. The molecule has 0 radical (unpaired) electrons. The number of aromatic amines is 1. The number of H-pyrrole nitrogens is 1. The first-order chi connectivity index (χ1) is 17.5. The standard InChI is InChI=1S/C27H36N8O/c1-17-20(8-6-10-22(17)32-27(36)28-13-14-35(2)3)25-31-24-9-5-4-7-21(24)26(33-25)30-19-11-12-23-18(15-19)16-29-34-23/h5-6,8-10,16-17,22,26H,4,7,11-15H2,1-3H3,(H,29,34)(H,31,33)(H2,28,32,36). The van der Waals surface area contributed by atoms with E-state index in [1.54, 1.807) is 0 Å². The van der Waals surface area contributed by atoms with E-state index in [9.17, 15) is 4.79 Å². The van der Waals surface area contributed by atoms with Crippen molar-refractivity contribution in [3.8, 4) is 0 Å². The topological polar surface area (TPSA) is 110 Å². The third-order valence-electron chi connectivity index (χ3n) is 7.24. The molecule has 0 fully saturated rings. The molecule has 0 saturated heterocycles. The van der Waals surface area contributed by atoms with E-state index in [1.165, 1.54) is 22.5 Å². The molecule has 0 saturated carbocycles. The Hall–Kier alpha value is -3.46. The Kier molecular flexibility index (Phi) is 7.18. The van der Waals surface area contributed by atoms with Gasteiger partial charge in [-0.25, -0.2) is 9.79 Å². The molecule has 2 amide bonds. The lowest BCUT2D eigenvalue weighted by atomic mass is 9.87. The van der Waals surface area contributed by atoms with E-state index < -0.39 is 0 Å². The summed E-state index contributed by atoms with van der Waals surface area (Å²) in [5.74, 6) is 0.901. The third kappa shape index (κ3) is 5.36. The molecule has 9 nitrogen and oxygen atoms in total. The number of hydrogen-bond acceptors (Lipinski definition) is 6. The molecular weight excluding hydrogens is 452 g/mol. The molecule has 0 bridgehead atoms. The van der Waals surface area contributed by atoms with E-state index in [-0.39, 0.29) is 24.2 Å². The molecule has 2 heterocycles. The third-order valence-corrected chi connectivity index (χ3v) is 7.24. The molecule has 190 valence electrons.